The first-order chi connectivity index (χ1) is 7.38. The second-order valence-corrected chi connectivity index (χ2v) is 4.51. The summed E-state index contributed by atoms with van der Waals surface area (Å²) in [6, 6.07) is 0. The van der Waals surface area contributed by atoms with Gasteiger partial charge in [0.25, 0.3) is 0 Å². The van der Waals surface area contributed by atoms with Crippen LogP contribution in [0.5, 0.6) is 0 Å². The summed E-state index contributed by atoms with van der Waals surface area (Å²) in [5.74, 6) is 0.946. The standard InChI is InChI=1S/C10H15N3OS/c11-4-8-5-12-10(13-6-8)15-7-9-2-1-3-14-9/h5-6,9H,1-4,7,11H2. The number of hydrogen-bond acceptors (Lipinski definition) is 5. The van der Waals surface area contributed by atoms with Gasteiger partial charge in [-0.05, 0) is 12.8 Å². The van der Waals surface area contributed by atoms with Crippen LogP contribution in [0.1, 0.15) is 18.4 Å². The first-order valence-electron chi connectivity index (χ1n) is 5.14. The molecule has 15 heavy (non-hydrogen) atoms. The fraction of sp³-hybridized carbons (Fsp3) is 0.600. The third kappa shape index (κ3) is 3.15. The molecule has 1 unspecified atom stereocenters. The van der Waals surface area contributed by atoms with Crippen molar-refractivity contribution >= 4 is 11.8 Å². The van der Waals surface area contributed by atoms with Crippen LogP contribution in [-0.2, 0) is 11.3 Å². The molecule has 1 aliphatic heterocycles. The molecule has 4 nitrogen and oxygen atoms in total. The molecule has 1 saturated heterocycles. The van der Waals surface area contributed by atoms with Crippen LogP contribution in [0.15, 0.2) is 17.6 Å². The van der Waals surface area contributed by atoms with Gasteiger partial charge in [0.1, 0.15) is 0 Å². The van der Waals surface area contributed by atoms with Gasteiger partial charge in [-0.2, -0.15) is 0 Å². The molecule has 82 valence electrons. The van der Waals surface area contributed by atoms with Gasteiger partial charge in [0, 0.05) is 36.9 Å². The van der Waals surface area contributed by atoms with E-state index < -0.39 is 0 Å². The van der Waals surface area contributed by atoms with Crippen LogP contribution in [0.25, 0.3) is 0 Å². The molecule has 2 heterocycles. The Bertz CT molecular complexity index is 298. The van der Waals surface area contributed by atoms with Gasteiger partial charge >= 0.3 is 0 Å². The molecule has 1 atom stereocenters. The summed E-state index contributed by atoms with van der Waals surface area (Å²) in [6.45, 7) is 1.40. The minimum absolute atomic E-state index is 0.382. The van der Waals surface area contributed by atoms with Crippen molar-refractivity contribution in [1.29, 1.82) is 0 Å². The molecular weight excluding hydrogens is 210 g/mol. The molecule has 0 aromatic carbocycles. The zero-order valence-electron chi connectivity index (χ0n) is 8.56. The van der Waals surface area contributed by atoms with Gasteiger partial charge < -0.3 is 10.5 Å². The van der Waals surface area contributed by atoms with Crippen LogP contribution in [0, 0.1) is 0 Å². The molecule has 1 aromatic rings. The Morgan fingerprint density at radius 1 is 1.47 bits per heavy atom. The first-order valence-corrected chi connectivity index (χ1v) is 6.12. The van der Waals surface area contributed by atoms with E-state index in [2.05, 4.69) is 9.97 Å². The van der Waals surface area contributed by atoms with E-state index in [9.17, 15) is 0 Å². The van der Waals surface area contributed by atoms with Gasteiger partial charge in [0.05, 0.1) is 6.10 Å². The normalized spacial score (nSPS) is 20.7. The lowest BCUT2D eigenvalue weighted by Gasteiger charge is -2.07. The predicted molar refractivity (Wildman–Crippen MR) is 59.6 cm³/mol. The largest absolute Gasteiger partial charge is 0.377 e. The Morgan fingerprint density at radius 3 is 2.87 bits per heavy atom. The highest BCUT2D eigenvalue weighted by Gasteiger charge is 2.15. The number of ether oxygens (including phenoxy) is 1. The first kappa shape index (κ1) is 10.9. The van der Waals surface area contributed by atoms with Crippen LogP contribution in [0.3, 0.4) is 0 Å². The van der Waals surface area contributed by atoms with Crippen LogP contribution < -0.4 is 5.73 Å². The van der Waals surface area contributed by atoms with Gasteiger partial charge in [-0.15, -0.1) is 0 Å². The minimum Gasteiger partial charge on any atom is -0.377 e. The molecule has 2 rings (SSSR count). The van der Waals surface area contributed by atoms with E-state index in [4.69, 9.17) is 10.5 Å². The van der Waals surface area contributed by atoms with Gasteiger partial charge in [-0.1, -0.05) is 11.8 Å². The third-order valence-electron chi connectivity index (χ3n) is 2.34. The molecule has 0 aliphatic carbocycles. The molecule has 0 amide bonds. The maximum Gasteiger partial charge on any atom is 0.187 e. The monoisotopic (exact) mass is 225 g/mol. The SMILES string of the molecule is NCc1cnc(SCC2CCCO2)nc1. The molecule has 2 N–H and O–H groups in total. The molecule has 0 saturated carbocycles. The zero-order valence-corrected chi connectivity index (χ0v) is 9.37. The van der Waals surface area contributed by atoms with Crippen molar-refractivity contribution in [3.63, 3.8) is 0 Å². The van der Waals surface area contributed by atoms with E-state index in [0.717, 1.165) is 29.5 Å². The van der Waals surface area contributed by atoms with Crippen LogP contribution in [-0.4, -0.2) is 28.4 Å². The van der Waals surface area contributed by atoms with Crippen molar-refractivity contribution in [3.8, 4) is 0 Å². The summed E-state index contributed by atoms with van der Waals surface area (Å²) in [4.78, 5) is 8.45. The van der Waals surface area contributed by atoms with Gasteiger partial charge in [0.2, 0.25) is 0 Å². The third-order valence-corrected chi connectivity index (χ3v) is 3.35. The van der Waals surface area contributed by atoms with Crippen molar-refractivity contribution in [2.45, 2.75) is 30.6 Å². The molecule has 0 bridgehead atoms. The number of nitrogens with two attached hydrogens (primary N) is 1. The molecular formula is C10H15N3OS. The number of rotatable bonds is 4. The summed E-state index contributed by atoms with van der Waals surface area (Å²) in [7, 11) is 0. The predicted octanol–water partition coefficient (Wildman–Crippen LogP) is 1.21. The lowest BCUT2D eigenvalue weighted by atomic mass is 10.3. The Morgan fingerprint density at radius 2 is 2.27 bits per heavy atom. The zero-order chi connectivity index (χ0) is 10.5. The van der Waals surface area contributed by atoms with E-state index in [-0.39, 0.29) is 0 Å². The van der Waals surface area contributed by atoms with Gasteiger partial charge in [-0.3, -0.25) is 0 Å². The average Bonchev–Trinajstić information content (AvgIpc) is 2.80. The molecule has 1 aromatic heterocycles. The summed E-state index contributed by atoms with van der Waals surface area (Å²) in [5, 5.41) is 0.808. The summed E-state index contributed by atoms with van der Waals surface area (Å²) in [6.07, 6.45) is 6.29. The topological polar surface area (TPSA) is 61.0 Å². The molecule has 1 fully saturated rings. The molecule has 0 spiro atoms. The highest BCUT2D eigenvalue weighted by atomic mass is 32.2. The summed E-state index contributed by atoms with van der Waals surface area (Å²) >= 11 is 1.65. The second-order valence-electron chi connectivity index (χ2n) is 3.52. The number of nitrogens with zero attached hydrogens (tertiary/aromatic N) is 2. The van der Waals surface area contributed by atoms with Crippen molar-refractivity contribution in [3.05, 3.63) is 18.0 Å². The fourth-order valence-electron chi connectivity index (χ4n) is 1.47. The summed E-state index contributed by atoms with van der Waals surface area (Å²) in [5.41, 5.74) is 6.44. The Labute approximate surface area is 93.6 Å². The summed E-state index contributed by atoms with van der Waals surface area (Å²) < 4.78 is 5.52. The van der Waals surface area contributed by atoms with E-state index in [0.29, 0.717) is 12.6 Å². The number of thioether (sulfide) groups is 1. The average molecular weight is 225 g/mol. The van der Waals surface area contributed by atoms with Crippen molar-refractivity contribution < 1.29 is 4.74 Å². The maximum atomic E-state index is 5.52. The Hall–Kier alpha value is -0.650. The molecule has 5 heteroatoms. The van der Waals surface area contributed by atoms with E-state index in [1.807, 2.05) is 0 Å². The Kier molecular flexibility index (Phi) is 3.94. The fourth-order valence-corrected chi connectivity index (χ4v) is 2.32. The lowest BCUT2D eigenvalue weighted by Crippen LogP contribution is -2.08. The van der Waals surface area contributed by atoms with E-state index >= 15 is 0 Å². The lowest BCUT2D eigenvalue weighted by molar-refractivity contribution is 0.129. The van der Waals surface area contributed by atoms with Crippen LogP contribution in [0.4, 0.5) is 0 Å². The highest BCUT2D eigenvalue weighted by molar-refractivity contribution is 7.99. The van der Waals surface area contributed by atoms with Crippen LogP contribution >= 0.6 is 11.8 Å². The van der Waals surface area contributed by atoms with Gasteiger partial charge in [0.15, 0.2) is 5.16 Å². The van der Waals surface area contributed by atoms with Crippen LogP contribution in [0.2, 0.25) is 0 Å². The van der Waals surface area contributed by atoms with Gasteiger partial charge in [-0.25, -0.2) is 9.97 Å². The molecule has 1 aliphatic rings. The quantitative estimate of drug-likeness (QED) is 0.616. The molecule has 0 radical (unpaired) electrons. The van der Waals surface area contributed by atoms with Crippen molar-refractivity contribution in [2.24, 2.45) is 5.73 Å². The number of aromatic nitrogens is 2. The number of hydrogen-bond donors (Lipinski definition) is 1. The van der Waals surface area contributed by atoms with E-state index in [1.165, 1.54) is 6.42 Å². The second kappa shape index (κ2) is 5.44. The minimum atomic E-state index is 0.382. The maximum absolute atomic E-state index is 5.52. The smallest absolute Gasteiger partial charge is 0.187 e. The van der Waals surface area contributed by atoms with Crippen molar-refractivity contribution in [1.82, 2.24) is 9.97 Å². The Balaban J connectivity index is 1.82. The van der Waals surface area contributed by atoms with E-state index in [1.54, 1.807) is 24.2 Å². The van der Waals surface area contributed by atoms with Crippen molar-refractivity contribution in [2.75, 3.05) is 12.4 Å². The highest BCUT2D eigenvalue weighted by Crippen LogP contribution is 2.20.